The quantitative estimate of drug-likeness (QED) is 0.855. The fourth-order valence-electron chi connectivity index (χ4n) is 1.70. The summed E-state index contributed by atoms with van der Waals surface area (Å²) in [7, 11) is 0. The van der Waals surface area contributed by atoms with E-state index in [1.54, 1.807) is 30.5 Å². The molecule has 2 N–H and O–H groups in total. The molecular weight excluding hydrogens is 260 g/mol. The minimum absolute atomic E-state index is 0.483. The normalized spacial score (nSPS) is 12.5. The highest BCUT2D eigenvalue weighted by Crippen LogP contribution is 2.25. The number of nitrogens with zero attached hydrogens (tertiary/aromatic N) is 1. The third-order valence-electron chi connectivity index (χ3n) is 2.64. The molecule has 1 amide bonds. The molecule has 0 spiro atoms. The number of aliphatic imine (C=N–C) groups is 1. The molecule has 0 fully saturated rings. The Morgan fingerprint density at radius 2 is 1.74 bits per heavy atom. The van der Waals surface area contributed by atoms with Crippen LogP contribution in [-0.2, 0) is 4.79 Å². The van der Waals surface area contributed by atoms with E-state index in [-0.39, 0.29) is 0 Å². The Morgan fingerprint density at radius 1 is 1.11 bits per heavy atom. The maximum Gasteiger partial charge on any atom is 0.246 e. The highest BCUT2D eigenvalue weighted by atomic mass is 35.5. The van der Waals surface area contributed by atoms with Gasteiger partial charge in [0, 0.05) is 16.8 Å². The van der Waals surface area contributed by atoms with Crippen molar-refractivity contribution >= 4 is 23.7 Å². The Labute approximate surface area is 116 Å². The van der Waals surface area contributed by atoms with E-state index in [1.807, 2.05) is 30.3 Å². The first-order valence-corrected chi connectivity index (χ1v) is 6.18. The Balaban J connectivity index is 2.30. The van der Waals surface area contributed by atoms with Gasteiger partial charge in [-0.25, -0.2) is 0 Å². The molecule has 0 heterocycles. The maximum atomic E-state index is 11.5. The van der Waals surface area contributed by atoms with Crippen molar-refractivity contribution in [1.29, 1.82) is 0 Å². The van der Waals surface area contributed by atoms with Gasteiger partial charge in [0.25, 0.3) is 0 Å². The lowest BCUT2D eigenvalue weighted by Crippen LogP contribution is -2.20. The van der Waals surface area contributed by atoms with Gasteiger partial charge in [0.05, 0.1) is 0 Å². The van der Waals surface area contributed by atoms with E-state index >= 15 is 0 Å². The summed E-state index contributed by atoms with van der Waals surface area (Å²) in [6.45, 7) is 0. The van der Waals surface area contributed by atoms with Gasteiger partial charge in [-0.05, 0) is 11.6 Å². The lowest BCUT2D eigenvalue weighted by Gasteiger charge is -2.10. The zero-order chi connectivity index (χ0) is 13.7. The number of nitrogens with two attached hydrogens (primary N) is 1. The molecule has 1 atom stereocenters. The molecule has 4 heteroatoms. The molecule has 19 heavy (non-hydrogen) atoms. The minimum Gasteiger partial charge on any atom is -0.368 e. The van der Waals surface area contributed by atoms with Crippen LogP contribution in [0.3, 0.4) is 0 Å². The Morgan fingerprint density at radius 3 is 2.37 bits per heavy atom. The van der Waals surface area contributed by atoms with Gasteiger partial charge >= 0.3 is 0 Å². The number of primary amides is 1. The number of benzene rings is 2. The van der Waals surface area contributed by atoms with Gasteiger partial charge in [-0.3, -0.25) is 9.79 Å². The third-order valence-corrected chi connectivity index (χ3v) is 2.99. The van der Waals surface area contributed by atoms with Crippen molar-refractivity contribution in [3.8, 4) is 0 Å². The van der Waals surface area contributed by atoms with E-state index in [0.29, 0.717) is 10.6 Å². The molecule has 0 aliphatic rings. The number of hydrogen-bond acceptors (Lipinski definition) is 2. The zero-order valence-electron chi connectivity index (χ0n) is 10.2. The molecule has 0 bridgehead atoms. The lowest BCUT2D eigenvalue weighted by atomic mass is 10.1. The number of hydrogen-bond donors (Lipinski definition) is 1. The summed E-state index contributed by atoms with van der Waals surface area (Å²) < 4.78 is 0. The fourth-order valence-corrected chi connectivity index (χ4v) is 1.94. The van der Waals surface area contributed by atoms with Crippen molar-refractivity contribution in [3.63, 3.8) is 0 Å². The van der Waals surface area contributed by atoms with Gasteiger partial charge in [-0.2, -0.15) is 0 Å². The first kappa shape index (κ1) is 13.3. The topological polar surface area (TPSA) is 55.5 Å². The van der Waals surface area contributed by atoms with Crippen LogP contribution in [0.5, 0.6) is 0 Å². The first-order chi connectivity index (χ1) is 9.18. The second-order valence-electron chi connectivity index (χ2n) is 4.02. The van der Waals surface area contributed by atoms with Crippen LogP contribution in [0.2, 0.25) is 5.02 Å². The number of rotatable bonds is 4. The van der Waals surface area contributed by atoms with Crippen LogP contribution < -0.4 is 5.73 Å². The number of halogens is 1. The monoisotopic (exact) mass is 272 g/mol. The summed E-state index contributed by atoms with van der Waals surface area (Å²) in [5.74, 6) is -0.528. The molecule has 0 radical (unpaired) electrons. The van der Waals surface area contributed by atoms with Crippen molar-refractivity contribution in [1.82, 2.24) is 0 Å². The van der Waals surface area contributed by atoms with E-state index in [9.17, 15) is 4.79 Å². The van der Waals surface area contributed by atoms with Crippen molar-refractivity contribution in [2.45, 2.75) is 6.04 Å². The smallest absolute Gasteiger partial charge is 0.246 e. The van der Waals surface area contributed by atoms with Crippen molar-refractivity contribution < 1.29 is 4.79 Å². The summed E-state index contributed by atoms with van der Waals surface area (Å²) in [4.78, 5) is 15.8. The van der Waals surface area contributed by atoms with Crippen LogP contribution >= 0.6 is 11.6 Å². The highest BCUT2D eigenvalue weighted by molar-refractivity contribution is 6.31. The molecule has 0 saturated carbocycles. The van der Waals surface area contributed by atoms with Crippen LogP contribution in [0, 0.1) is 0 Å². The largest absolute Gasteiger partial charge is 0.368 e. The average molecular weight is 273 g/mol. The molecular formula is C15H13ClN2O. The standard InChI is InChI=1S/C15H13ClN2O/c16-13-9-5-4-8-12(13)14(15(17)19)18-10-11-6-2-1-3-7-11/h1-10,14H,(H2,17,19)/t14-/m0/s1. The molecule has 0 aromatic heterocycles. The Hall–Kier alpha value is -2.13. The zero-order valence-corrected chi connectivity index (χ0v) is 10.9. The fraction of sp³-hybridized carbons (Fsp3) is 0.0667. The van der Waals surface area contributed by atoms with E-state index in [0.717, 1.165) is 5.56 Å². The molecule has 0 saturated heterocycles. The van der Waals surface area contributed by atoms with E-state index in [2.05, 4.69) is 4.99 Å². The average Bonchev–Trinajstić information content (AvgIpc) is 2.42. The molecule has 3 nitrogen and oxygen atoms in total. The number of carbonyl (C=O) groups is 1. The molecule has 96 valence electrons. The minimum atomic E-state index is -0.770. The predicted octanol–water partition coefficient (Wildman–Crippen LogP) is 2.99. The first-order valence-electron chi connectivity index (χ1n) is 5.80. The number of carbonyl (C=O) groups excluding carboxylic acids is 1. The third kappa shape index (κ3) is 3.42. The summed E-state index contributed by atoms with van der Waals surface area (Å²) in [6, 6.07) is 15.8. The van der Waals surface area contributed by atoms with E-state index in [4.69, 9.17) is 17.3 Å². The lowest BCUT2D eigenvalue weighted by molar-refractivity contribution is -0.119. The second kappa shape index (κ2) is 6.16. The summed E-state index contributed by atoms with van der Waals surface area (Å²) >= 11 is 6.06. The van der Waals surface area contributed by atoms with Crippen LogP contribution in [0.4, 0.5) is 0 Å². The Bertz CT molecular complexity index is 596. The highest BCUT2D eigenvalue weighted by Gasteiger charge is 2.18. The Kier molecular flexibility index (Phi) is 4.31. The van der Waals surface area contributed by atoms with Crippen LogP contribution in [0.1, 0.15) is 17.2 Å². The van der Waals surface area contributed by atoms with Gasteiger partial charge < -0.3 is 5.73 Å². The van der Waals surface area contributed by atoms with Gasteiger partial charge in [0.1, 0.15) is 0 Å². The molecule has 0 aliphatic carbocycles. The molecule has 2 aromatic rings. The van der Waals surface area contributed by atoms with Gasteiger partial charge in [0.2, 0.25) is 5.91 Å². The SMILES string of the molecule is NC(=O)[C@@H](N=Cc1ccccc1)c1ccccc1Cl. The van der Waals surface area contributed by atoms with Gasteiger partial charge in [0.15, 0.2) is 6.04 Å². The van der Waals surface area contributed by atoms with Gasteiger partial charge in [-0.1, -0.05) is 60.1 Å². The summed E-state index contributed by atoms with van der Waals surface area (Å²) in [5.41, 5.74) is 6.91. The molecule has 2 rings (SSSR count). The van der Waals surface area contributed by atoms with Crippen LogP contribution in [0.15, 0.2) is 59.6 Å². The predicted molar refractivity (Wildman–Crippen MR) is 77.4 cm³/mol. The number of amides is 1. The van der Waals surface area contributed by atoms with Crippen molar-refractivity contribution in [2.75, 3.05) is 0 Å². The summed E-state index contributed by atoms with van der Waals surface area (Å²) in [5, 5.41) is 0.483. The molecule has 2 aromatic carbocycles. The molecule has 0 aliphatic heterocycles. The van der Waals surface area contributed by atoms with Crippen LogP contribution in [-0.4, -0.2) is 12.1 Å². The van der Waals surface area contributed by atoms with Gasteiger partial charge in [-0.15, -0.1) is 0 Å². The van der Waals surface area contributed by atoms with E-state index in [1.165, 1.54) is 0 Å². The van der Waals surface area contributed by atoms with E-state index < -0.39 is 11.9 Å². The van der Waals surface area contributed by atoms with Crippen LogP contribution in [0.25, 0.3) is 0 Å². The van der Waals surface area contributed by atoms with Crippen molar-refractivity contribution in [3.05, 3.63) is 70.7 Å². The maximum absolute atomic E-state index is 11.5. The molecule has 0 unspecified atom stereocenters. The second-order valence-corrected chi connectivity index (χ2v) is 4.42. The van der Waals surface area contributed by atoms with Crippen molar-refractivity contribution in [2.24, 2.45) is 10.7 Å². The summed E-state index contributed by atoms with van der Waals surface area (Å²) in [6.07, 6.45) is 1.62.